The molecule has 24 heavy (non-hydrogen) atoms. The normalized spacial score (nSPS) is 15.5. The SMILES string of the molecule is CNS(=O)(=O)c1ccc2c(c1)C(=Cc1ccc(F)cc1F)C(=O)N2. The molecule has 3 rings (SSSR count). The highest BCUT2D eigenvalue weighted by Gasteiger charge is 2.26. The Morgan fingerprint density at radius 1 is 1.12 bits per heavy atom. The second-order valence-corrected chi connectivity index (χ2v) is 6.98. The molecule has 5 nitrogen and oxygen atoms in total. The molecule has 0 aliphatic carbocycles. The summed E-state index contributed by atoms with van der Waals surface area (Å²) in [5, 5.41) is 2.58. The zero-order valence-electron chi connectivity index (χ0n) is 12.4. The third kappa shape index (κ3) is 2.81. The second-order valence-electron chi connectivity index (χ2n) is 5.09. The van der Waals surface area contributed by atoms with Crippen molar-refractivity contribution in [1.82, 2.24) is 4.72 Å². The lowest BCUT2D eigenvalue weighted by atomic mass is 10.0. The largest absolute Gasteiger partial charge is 0.321 e. The molecule has 0 fully saturated rings. The van der Waals surface area contributed by atoms with Crippen molar-refractivity contribution in [1.29, 1.82) is 0 Å². The van der Waals surface area contributed by atoms with Crippen LogP contribution < -0.4 is 10.0 Å². The van der Waals surface area contributed by atoms with Gasteiger partial charge in [0.1, 0.15) is 11.6 Å². The van der Waals surface area contributed by atoms with E-state index in [2.05, 4.69) is 10.0 Å². The molecule has 0 saturated heterocycles. The van der Waals surface area contributed by atoms with Crippen LogP contribution in [0, 0.1) is 11.6 Å². The van der Waals surface area contributed by atoms with Gasteiger partial charge in [-0.3, -0.25) is 4.79 Å². The fourth-order valence-electron chi connectivity index (χ4n) is 2.37. The van der Waals surface area contributed by atoms with Crippen LogP contribution in [-0.2, 0) is 14.8 Å². The van der Waals surface area contributed by atoms with Crippen LogP contribution in [0.25, 0.3) is 11.6 Å². The molecule has 2 N–H and O–H groups in total. The van der Waals surface area contributed by atoms with Crippen LogP contribution in [0.1, 0.15) is 11.1 Å². The van der Waals surface area contributed by atoms with Gasteiger partial charge >= 0.3 is 0 Å². The number of nitrogens with one attached hydrogen (secondary N) is 2. The zero-order valence-corrected chi connectivity index (χ0v) is 13.2. The van der Waals surface area contributed by atoms with E-state index in [1.807, 2.05) is 0 Å². The van der Waals surface area contributed by atoms with Crippen LogP contribution in [0.5, 0.6) is 0 Å². The second kappa shape index (κ2) is 5.81. The van der Waals surface area contributed by atoms with E-state index in [-0.39, 0.29) is 16.0 Å². The van der Waals surface area contributed by atoms with Crippen molar-refractivity contribution >= 4 is 33.3 Å². The molecule has 0 radical (unpaired) electrons. The van der Waals surface area contributed by atoms with E-state index in [4.69, 9.17) is 0 Å². The number of rotatable bonds is 3. The van der Waals surface area contributed by atoms with E-state index < -0.39 is 27.6 Å². The molecule has 8 heteroatoms. The molecule has 2 aromatic rings. The van der Waals surface area contributed by atoms with Gasteiger partial charge in [-0.05, 0) is 43.5 Å². The first-order valence-electron chi connectivity index (χ1n) is 6.88. The van der Waals surface area contributed by atoms with Crippen LogP contribution in [0.15, 0.2) is 41.3 Å². The fraction of sp³-hybridized carbons (Fsp3) is 0.0625. The minimum Gasteiger partial charge on any atom is -0.321 e. The molecule has 0 bridgehead atoms. The minimum absolute atomic E-state index is 0.0225. The first-order chi connectivity index (χ1) is 11.3. The van der Waals surface area contributed by atoms with Gasteiger partial charge in [-0.1, -0.05) is 0 Å². The Labute approximate surface area is 137 Å². The molecule has 0 atom stereocenters. The predicted molar refractivity (Wildman–Crippen MR) is 85.5 cm³/mol. The zero-order chi connectivity index (χ0) is 17.5. The molecular weight excluding hydrogens is 338 g/mol. The Bertz CT molecular complexity index is 985. The Morgan fingerprint density at radius 2 is 1.88 bits per heavy atom. The summed E-state index contributed by atoms with van der Waals surface area (Å²) >= 11 is 0. The first-order valence-corrected chi connectivity index (χ1v) is 8.36. The summed E-state index contributed by atoms with van der Waals surface area (Å²) in [6.07, 6.45) is 1.26. The highest BCUT2D eigenvalue weighted by Crippen LogP contribution is 2.35. The van der Waals surface area contributed by atoms with Crippen molar-refractivity contribution in [3.8, 4) is 0 Å². The number of halogens is 2. The van der Waals surface area contributed by atoms with E-state index in [9.17, 15) is 22.0 Å². The Hall–Kier alpha value is -2.58. The summed E-state index contributed by atoms with van der Waals surface area (Å²) in [5.74, 6) is -2.04. The molecule has 1 amide bonds. The lowest BCUT2D eigenvalue weighted by Crippen LogP contribution is -2.18. The molecular formula is C16H12F2N2O3S. The van der Waals surface area contributed by atoms with Crippen molar-refractivity contribution in [2.24, 2.45) is 0 Å². The van der Waals surface area contributed by atoms with E-state index in [1.165, 1.54) is 37.4 Å². The molecule has 2 aromatic carbocycles. The predicted octanol–water partition coefficient (Wildman–Crippen LogP) is 2.37. The third-order valence-electron chi connectivity index (χ3n) is 3.62. The monoisotopic (exact) mass is 350 g/mol. The fourth-order valence-corrected chi connectivity index (χ4v) is 3.13. The van der Waals surface area contributed by atoms with Crippen LogP contribution in [0.4, 0.5) is 14.5 Å². The van der Waals surface area contributed by atoms with Gasteiger partial charge in [-0.25, -0.2) is 21.9 Å². The van der Waals surface area contributed by atoms with Crippen LogP contribution in [0.2, 0.25) is 0 Å². The molecule has 0 aromatic heterocycles. The smallest absolute Gasteiger partial charge is 0.256 e. The van der Waals surface area contributed by atoms with Crippen LogP contribution >= 0.6 is 0 Å². The molecule has 1 aliphatic heterocycles. The van der Waals surface area contributed by atoms with Gasteiger partial charge in [0, 0.05) is 28.5 Å². The molecule has 1 aliphatic rings. The molecule has 1 heterocycles. The number of hydrogen-bond acceptors (Lipinski definition) is 3. The number of anilines is 1. The van der Waals surface area contributed by atoms with Gasteiger partial charge in [-0.2, -0.15) is 0 Å². The summed E-state index contributed by atoms with van der Waals surface area (Å²) < 4.78 is 52.8. The maximum absolute atomic E-state index is 13.8. The van der Waals surface area contributed by atoms with E-state index in [0.717, 1.165) is 6.07 Å². The average Bonchev–Trinajstić information content (AvgIpc) is 2.85. The number of sulfonamides is 1. The van der Waals surface area contributed by atoms with Gasteiger partial charge in [-0.15, -0.1) is 0 Å². The number of fused-ring (bicyclic) bond motifs is 1. The Balaban J connectivity index is 2.14. The average molecular weight is 350 g/mol. The van der Waals surface area contributed by atoms with Crippen molar-refractivity contribution in [2.45, 2.75) is 4.90 Å². The summed E-state index contributed by atoms with van der Waals surface area (Å²) in [6, 6.07) is 7.13. The Kier molecular flexibility index (Phi) is 3.94. The van der Waals surface area contributed by atoms with Gasteiger partial charge < -0.3 is 5.32 Å². The number of carbonyl (C=O) groups is 1. The molecule has 0 spiro atoms. The quantitative estimate of drug-likeness (QED) is 0.835. The highest BCUT2D eigenvalue weighted by atomic mass is 32.2. The molecule has 0 saturated carbocycles. The number of hydrogen-bond donors (Lipinski definition) is 2. The topological polar surface area (TPSA) is 75.3 Å². The maximum Gasteiger partial charge on any atom is 0.256 e. The lowest BCUT2D eigenvalue weighted by molar-refractivity contribution is -0.110. The number of carbonyl (C=O) groups excluding carboxylic acids is 1. The summed E-state index contributed by atoms with van der Waals surface area (Å²) in [4.78, 5) is 12.1. The minimum atomic E-state index is -3.69. The van der Waals surface area contributed by atoms with E-state index in [1.54, 1.807) is 0 Å². The van der Waals surface area contributed by atoms with Crippen molar-refractivity contribution in [3.63, 3.8) is 0 Å². The van der Waals surface area contributed by atoms with Gasteiger partial charge in [0.05, 0.1) is 4.90 Å². The molecule has 124 valence electrons. The van der Waals surface area contributed by atoms with Crippen molar-refractivity contribution in [2.75, 3.05) is 12.4 Å². The van der Waals surface area contributed by atoms with Crippen molar-refractivity contribution < 1.29 is 22.0 Å². The Morgan fingerprint density at radius 3 is 2.54 bits per heavy atom. The van der Waals surface area contributed by atoms with Crippen molar-refractivity contribution in [3.05, 3.63) is 59.2 Å². The van der Waals surface area contributed by atoms with E-state index >= 15 is 0 Å². The first kappa shape index (κ1) is 16.3. The standard InChI is InChI=1S/C16H12F2N2O3S/c1-19-24(22,23)11-4-5-15-12(8-11)13(16(21)20-15)6-9-2-3-10(17)7-14(9)18/h2-8,19H,1H3,(H,20,21). The van der Waals surface area contributed by atoms with E-state index in [0.29, 0.717) is 17.3 Å². The van der Waals surface area contributed by atoms with Gasteiger partial charge in [0.25, 0.3) is 5.91 Å². The summed E-state index contributed by atoms with van der Waals surface area (Å²) in [5.41, 5.74) is 0.879. The number of benzene rings is 2. The summed E-state index contributed by atoms with van der Waals surface area (Å²) in [7, 11) is -2.41. The number of amides is 1. The highest BCUT2D eigenvalue weighted by molar-refractivity contribution is 7.89. The van der Waals surface area contributed by atoms with Gasteiger partial charge in [0.15, 0.2) is 0 Å². The lowest BCUT2D eigenvalue weighted by Gasteiger charge is -2.05. The summed E-state index contributed by atoms with van der Waals surface area (Å²) in [6.45, 7) is 0. The van der Waals surface area contributed by atoms with Gasteiger partial charge in [0.2, 0.25) is 10.0 Å². The van der Waals surface area contributed by atoms with Crippen LogP contribution in [-0.4, -0.2) is 21.4 Å². The maximum atomic E-state index is 13.8. The van der Waals surface area contributed by atoms with Crippen LogP contribution in [0.3, 0.4) is 0 Å². The third-order valence-corrected chi connectivity index (χ3v) is 5.03. The molecule has 0 unspecified atom stereocenters.